The molecule has 1 aromatic carbocycles. The summed E-state index contributed by atoms with van der Waals surface area (Å²) in [7, 11) is 1.58. The number of aryl methyl sites for hydroxylation is 2. The van der Waals surface area contributed by atoms with Crippen LogP contribution < -0.4 is 11.1 Å². The Morgan fingerprint density at radius 3 is 2.60 bits per heavy atom. The standard InChI is InChI=1S/C18H22ClN5O/c1-5-17(21-15-8-6-14(19)7-9-15)22-18(16(20)11-25-4)24-13(3)10-12(2)23-24/h5-10H,1,11,20H2,2-4H3,(H,21,22)/b18-16+. The molecule has 0 aliphatic rings. The number of hydrogen-bond donors (Lipinski definition) is 2. The van der Waals surface area contributed by atoms with E-state index < -0.39 is 0 Å². The summed E-state index contributed by atoms with van der Waals surface area (Å²) >= 11 is 5.91. The number of benzene rings is 1. The van der Waals surface area contributed by atoms with Gasteiger partial charge in [0, 0.05) is 23.5 Å². The Balaban J connectivity index is 2.43. The molecule has 0 unspecified atom stereocenters. The summed E-state index contributed by atoms with van der Waals surface area (Å²) in [5.41, 5.74) is 9.26. The minimum Gasteiger partial charge on any atom is -0.397 e. The molecule has 0 spiro atoms. The van der Waals surface area contributed by atoms with Crippen molar-refractivity contribution in [2.24, 2.45) is 10.7 Å². The van der Waals surface area contributed by atoms with Gasteiger partial charge in [-0.2, -0.15) is 5.10 Å². The Labute approximate surface area is 152 Å². The van der Waals surface area contributed by atoms with Crippen molar-refractivity contribution in [3.05, 3.63) is 65.1 Å². The highest BCUT2D eigenvalue weighted by atomic mass is 35.5. The monoisotopic (exact) mass is 359 g/mol. The number of nitrogens with zero attached hydrogens (tertiary/aromatic N) is 3. The molecule has 0 aliphatic carbocycles. The number of hydrogen-bond acceptors (Lipinski definition) is 4. The van der Waals surface area contributed by atoms with E-state index in [9.17, 15) is 0 Å². The molecule has 7 heteroatoms. The molecule has 0 radical (unpaired) electrons. The first-order chi connectivity index (χ1) is 11.9. The lowest BCUT2D eigenvalue weighted by Gasteiger charge is -2.12. The first-order valence-electron chi connectivity index (χ1n) is 7.69. The van der Waals surface area contributed by atoms with Crippen molar-refractivity contribution in [2.75, 3.05) is 19.0 Å². The van der Waals surface area contributed by atoms with Crippen LogP contribution in [-0.4, -0.2) is 29.3 Å². The van der Waals surface area contributed by atoms with E-state index in [1.54, 1.807) is 30.0 Å². The van der Waals surface area contributed by atoms with Gasteiger partial charge in [-0.1, -0.05) is 18.2 Å². The largest absolute Gasteiger partial charge is 0.397 e. The van der Waals surface area contributed by atoms with Crippen LogP contribution in [-0.2, 0) is 4.74 Å². The number of nitrogens with one attached hydrogen (secondary N) is 1. The van der Waals surface area contributed by atoms with Crippen LogP contribution in [0, 0.1) is 13.8 Å². The van der Waals surface area contributed by atoms with Crippen LogP contribution >= 0.6 is 11.6 Å². The maximum atomic E-state index is 6.16. The number of aromatic nitrogens is 2. The lowest BCUT2D eigenvalue weighted by Crippen LogP contribution is -2.16. The van der Waals surface area contributed by atoms with Crippen molar-refractivity contribution in [3.8, 4) is 0 Å². The average molecular weight is 360 g/mol. The second-order valence-electron chi connectivity index (χ2n) is 5.45. The summed E-state index contributed by atoms with van der Waals surface area (Å²) in [6.45, 7) is 7.90. The number of anilines is 1. The molecule has 25 heavy (non-hydrogen) atoms. The van der Waals surface area contributed by atoms with Crippen molar-refractivity contribution < 1.29 is 4.74 Å². The summed E-state index contributed by atoms with van der Waals surface area (Å²) in [5, 5.41) is 8.30. The lowest BCUT2D eigenvalue weighted by molar-refractivity contribution is 0.224. The van der Waals surface area contributed by atoms with E-state index in [0.29, 0.717) is 22.4 Å². The molecule has 0 saturated heterocycles. The first-order valence-corrected chi connectivity index (χ1v) is 8.07. The van der Waals surface area contributed by atoms with Crippen molar-refractivity contribution in [3.63, 3.8) is 0 Å². The zero-order valence-corrected chi connectivity index (χ0v) is 15.3. The fraction of sp³-hybridized carbons (Fsp3) is 0.222. The number of methoxy groups -OCH3 is 1. The summed E-state index contributed by atoms with van der Waals surface area (Å²) in [6.07, 6.45) is 1.61. The fourth-order valence-electron chi connectivity index (χ4n) is 2.24. The smallest absolute Gasteiger partial charge is 0.177 e. The van der Waals surface area contributed by atoms with Gasteiger partial charge in [-0.25, -0.2) is 9.67 Å². The van der Waals surface area contributed by atoms with E-state index in [2.05, 4.69) is 22.0 Å². The van der Waals surface area contributed by atoms with E-state index in [0.717, 1.165) is 17.1 Å². The average Bonchev–Trinajstić information content (AvgIpc) is 2.91. The third-order valence-electron chi connectivity index (χ3n) is 3.33. The Hall–Kier alpha value is -2.57. The number of aliphatic imine (C=N–C) groups is 1. The van der Waals surface area contributed by atoms with E-state index in [1.807, 2.05) is 32.0 Å². The second-order valence-corrected chi connectivity index (χ2v) is 5.89. The maximum Gasteiger partial charge on any atom is 0.177 e. The Morgan fingerprint density at radius 2 is 2.08 bits per heavy atom. The number of amidine groups is 1. The van der Waals surface area contributed by atoms with Crippen LogP contribution in [0.1, 0.15) is 11.4 Å². The van der Waals surface area contributed by atoms with Crippen LogP contribution in [0.15, 0.2) is 53.7 Å². The molecule has 3 N–H and O–H groups in total. The number of rotatable bonds is 6. The second kappa shape index (κ2) is 8.50. The van der Waals surface area contributed by atoms with E-state index >= 15 is 0 Å². The zero-order valence-electron chi connectivity index (χ0n) is 14.6. The number of halogens is 1. The Morgan fingerprint density at radius 1 is 1.40 bits per heavy atom. The third-order valence-corrected chi connectivity index (χ3v) is 3.59. The molecule has 0 saturated carbocycles. The maximum absolute atomic E-state index is 6.16. The van der Waals surface area contributed by atoms with Gasteiger partial charge in [0.2, 0.25) is 0 Å². The summed E-state index contributed by atoms with van der Waals surface area (Å²) in [6, 6.07) is 9.25. The normalized spacial score (nSPS) is 12.7. The van der Waals surface area contributed by atoms with E-state index in [4.69, 9.17) is 22.1 Å². The van der Waals surface area contributed by atoms with Gasteiger partial charge in [0.1, 0.15) is 5.84 Å². The summed E-state index contributed by atoms with van der Waals surface area (Å²) in [5.74, 6) is 1.02. The van der Waals surface area contributed by atoms with Crippen molar-refractivity contribution in [1.82, 2.24) is 9.78 Å². The van der Waals surface area contributed by atoms with Gasteiger partial charge in [-0.05, 0) is 50.3 Å². The van der Waals surface area contributed by atoms with Gasteiger partial charge in [-0.3, -0.25) is 0 Å². The van der Waals surface area contributed by atoms with Gasteiger partial charge in [-0.15, -0.1) is 0 Å². The van der Waals surface area contributed by atoms with Crippen LogP contribution in [0.4, 0.5) is 5.69 Å². The molecular formula is C18H22ClN5O. The van der Waals surface area contributed by atoms with Gasteiger partial charge < -0.3 is 15.8 Å². The minimum absolute atomic E-state index is 0.239. The van der Waals surface area contributed by atoms with Crippen molar-refractivity contribution in [2.45, 2.75) is 13.8 Å². The van der Waals surface area contributed by atoms with Gasteiger partial charge in [0.15, 0.2) is 5.82 Å². The van der Waals surface area contributed by atoms with E-state index in [1.165, 1.54) is 0 Å². The predicted molar refractivity (Wildman–Crippen MR) is 104 cm³/mol. The molecule has 0 atom stereocenters. The molecular weight excluding hydrogens is 338 g/mol. The van der Waals surface area contributed by atoms with Crippen LogP contribution in [0.25, 0.3) is 5.82 Å². The molecule has 1 aromatic heterocycles. The molecule has 0 bridgehead atoms. The zero-order chi connectivity index (χ0) is 18.4. The summed E-state index contributed by atoms with van der Waals surface area (Å²) in [4.78, 5) is 4.60. The van der Waals surface area contributed by atoms with E-state index in [-0.39, 0.29) is 6.61 Å². The van der Waals surface area contributed by atoms with Crippen LogP contribution in [0.5, 0.6) is 0 Å². The van der Waals surface area contributed by atoms with Crippen molar-refractivity contribution in [1.29, 1.82) is 0 Å². The van der Waals surface area contributed by atoms with Crippen molar-refractivity contribution >= 4 is 28.9 Å². The molecule has 0 amide bonds. The summed E-state index contributed by atoms with van der Waals surface area (Å²) < 4.78 is 6.84. The van der Waals surface area contributed by atoms with Gasteiger partial charge >= 0.3 is 0 Å². The molecule has 132 valence electrons. The molecule has 1 heterocycles. The predicted octanol–water partition coefficient (Wildman–Crippen LogP) is 3.58. The highest BCUT2D eigenvalue weighted by Gasteiger charge is 2.11. The minimum atomic E-state index is 0.239. The molecule has 2 rings (SSSR count). The first kappa shape index (κ1) is 18.8. The SMILES string of the molecule is C=C/C(=N\C(=C(/N)COC)n1nc(C)cc1C)Nc1ccc(Cl)cc1. The molecule has 0 fully saturated rings. The topological polar surface area (TPSA) is 77.5 Å². The van der Waals surface area contributed by atoms with Gasteiger partial charge in [0.05, 0.1) is 18.0 Å². The Bertz CT molecular complexity index is 805. The molecule has 2 aromatic rings. The van der Waals surface area contributed by atoms with Gasteiger partial charge in [0.25, 0.3) is 0 Å². The highest BCUT2D eigenvalue weighted by molar-refractivity contribution is 6.30. The van der Waals surface area contributed by atoms with Crippen LogP contribution in [0.3, 0.4) is 0 Å². The third kappa shape index (κ3) is 4.95. The number of ether oxygens (including phenoxy) is 1. The fourth-order valence-corrected chi connectivity index (χ4v) is 2.36. The lowest BCUT2D eigenvalue weighted by atomic mass is 10.3. The molecule has 0 aliphatic heterocycles. The highest BCUT2D eigenvalue weighted by Crippen LogP contribution is 2.17. The Kier molecular flexibility index (Phi) is 6.38. The quantitative estimate of drug-likeness (QED) is 0.610. The van der Waals surface area contributed by atoms with Crippen LogP contribution in [0.2, 0.25) is 5.02 Å². The molecule has 6 nitrogen and oxygen atoms in total. The number of nitrogens with two attached hydrogens (primary N) is 1.